The highest BCUT2D eigenvalue weighted by atomic mass is 19.4. The molecule has 1 aromatic carbocycles. The van der Waals surface area contributed by atoms with Crippen molar-refractivity contribution >= 4 is 11.6 Å². The predicted molar refractivity (Wildman–Crippen MR) is 105 cm³/mol. The van der Waals surface area contributed by atoms with E-state index in [-0.39, 0.29) is 42.2 Å². The minimum absolute atomic E-state index is 0.0940. The summed E-state index contributed by atoms with van der Waals surface area (Å²) in [6.45, 7) is 2.33. The highest BCUT2D eigenvalue weighted by Crippen LogP contribution is 2.43. The van der Waals surface area contributed by atoms with Crippen molar-refractivity contribution in [3.63, 3.8) is 0 Å². The molecule has 0 radical (unpaired) electrons. The minimum Gasteiger partial charge on any atom is -0.335 e. The Morgan fingerprint density at radius 1 is 1.03 bits per heavy atom. The smallest absolute Gasteiger partial charge is 0.335 e. The normalized spacial score (nSPS) is 15.8. The van der Waals surface area contributed by atoms with Crippen molar-refractivity contribution in [1.82, 2.24) is 24.4 Å². The van der Waals surface area contributed by atoms with Crippen LogP contribution in [0.25, 0.3) is 5.65 Å². The highest BCUT2D eigenvalue weighted by molar-refractivity contribution is 5.93. The van der Waals surface area contributed by atoms with Gasteiger partial charge in [0.2, 0.25) is 0 Å². The predicted octanol–water partition coefficient (Wildman–Crippen LogP) is 3.93. The molecule has 1 fully saturated rings. The van der Waals surface area contributed by atoms with E-state index < -0.39 is 35.3 Å². The van der Waals surface area contributed by atoms with Crippen LogP contribution in [0.1, 0.15) is 27.4 Å². The highest BCUT2D eigenvalue weighted by Gasteiger charge is 2.60. The molecule has 4 rings (SSSR count). The number of hydrogen-bond acceptors (Lipinski definition) is 4. The van der Waals surface area contributed by atoms with Gasteiger partial charge in [0.1, 0.15) is 5.69 Å². The largest absolute Gasteiger partial charge is 0.459 e. The third-order valence-corrected chi connectivity index (χ3v) is 5.54. The minimum atomic E-state index is -5.86. The maximum absolute atomic E-state index is 14.0. The first-order valence-corrected chi connectivity index (χ1v) is 10.2. The number of halogens is 7. The molecule has 0 saturated carbocycles. The molecule has 0 spiro atoms. The van der Waals surface area contributed by atoms with E-state index in [1.54, 1.807) is 4.90 Å². The van der Waals surface area contributed by atoms with Gasteiger partial charge in [-0.25, -0.2) is 18.3 Å². The standard InChI is InChI=1S/C21H18F7N5O/c1-12-9-16(20(24,25)21(26,27)28)33-17(29-12)10-15(30-33)19(34)32-7-5-31(6-8-32)11-13-3-2-4-14(22)18(13)23/h2-4,9-10H,5-8,11H2,1H3. The molecular formula is C21H18F7N5O. The number of nitrogens with zero attached hydrogens (tertiary/aromatic N) is 5. The molecule has 0 N–H and O–H groups in total. The number of benzene rings is 1. The summed E-state index contributed by atoms with van der Waals surface area (Å²) in [5.41, 5.74) is -2.02. The van der Waals surface area contributed by atoms with Crippen molar-refractivity contribution in [1.29, 1.82) is 0 Å². The molecule has 0 unspecified atom stereocenters. The number of carbonyl (C=O) groups excluding carboxylic acids is 1. The molecule has 2 aromatic heterocycles. The number of hydrogen-bond donors (Lipinski definition) is 0. The molecule has 13 heteroatoms. The summed E-state index contributed by atoms with van der Waals surface area (Å²) in [7, 11) is 0. The summed E-state index contributed by atoms with van der Waals surface area (Å²) in [4.78, 5) is 19.9. The molecule has 1 amide bonds. The van der Waals surface area contributed by atoms with Crippen LogP contribution >= 0.6 is 0 Å². The van der Waals surface area contributed by atoms with Gasteiger partial charge in [-0.3, -0.25) is 9.69 Å². The second-order valence-corrected chi connectivity index (χ2v) is 7.94. The van der Waals surface area contributed by atoms with Gasteiger partial charge in [-0.2, -0.15) is 27.1 Å². The second kappa shape index (κ2) is 8.53. The van der Waals surface area contributed by atoms with Crippen LogP contribution in [0.15, 0.2) is 30.3 Å². The maximum Gasteiger partial charge on any atom is 0.459 e. The van der Waals surface area contributed by atoms with Crippen molar-refractivity contribution in [3.8, 4) is 0 Å². The molecule has 0 atom stereocenters. The Labute approximate surface area is 188 Å². The average Bonchev–Trinajstić information content (AvgIpc) is 3.19. The van der Waals surface area contributed by atoms with E-state index in [0.29, 0.717) is 23.7 Å². The van der Waals surface area contributed by atoms with Crippen molar-refractivity contribution in [3.05, 3.63) is 64.6 Å². The van der Waals surface area contributed by atoms with Gasteiger partial charge >= 0.3 is 12.1 Å². The van der Waals surface area contributed by atoms with Gasteiger partial charge in [0, 0.05) is 50.0 Å². The molecule has 6 nitrogen and oxygen atoms in total. The molecule has 3 aromatic rings. The number of fused-ring (bicyclic) bond motifs is 1. The number of aromatic nitrogens is 3. The van der Waals surface area contributed by atoms with E-state index in [9.17, 15) is 35.5 Å². The number of carbonyl (C=O) groups is 1. The molecule has 1 aliphatic heterocycles. The Balaban J connectivity index is 1.52. The average molecular weight is 489 g/mol. The summed E-state index contributed by atoms with van der Waals surface area (Å²) in [5.74, 6) is -7.78. The van der Waals surface area contributed by atoms with Crippen molar-refractivity contribution < 1.29 is 35.5 Å². The number of piperazine rings is 1. The van der Waals surface area contributed by atoms with Gasteiger partial charge in [0.05, 0.1) is 0 Å². The van der Waals surface area contributed by atoms with Crippen LogP contribution in [0.4, 0.5) is 30.7 Å². The lowest BCUT2D eigenvalue weighted by Gasteiger charge is -2.34. The lowest BCUT2D eigenvalue weighted by atomic mass is 10.1. The molecular weight excluding hydrogens is 471 g/mol. The van der Waals surface area contributed by atoms with E-state index in [1.165, 1.54) is 24.0 Å². The summed E-state index contributed by atoms with van der Waals surface area (Å²) >= 11 is 0. The molecule has 1 saturated heterocycles. The van der Waals surface area contributed by atoms with Gasteiger partial charge in [0.25, 0.3) is 5.91 Å². The molecule has 182 valence electrons. The van der Waals surface area contributed by atoms with Crippen LogP contribution in [-0.2, 0) is 12.5 Å². The fourth-order valence-electron chi connectivity index (χ4n) is 3.76. The SMILES string of the molecule is Cc1cc(C(F)(F)C(F)(F)F)n2nc(C(=O)N3CCN(Cc4cccc(F)c4F)CC3)cc2n1. The Bertz CT molecular complexity index is 1230. The monoisotopic (exact) mass is 489 g/mol. The number of alkyl halides is 5. The Morgan fingerprint density at radius 3 is 2.35 bits per heavy atom. The van der Waals surface area contributed by atoms with Crippen molar-refractivity contribution in [2.45, 2.75) is 25.6 Å². The zero-order valence-electron chi connectivity index (χ0n) is 17.7. The van der Waals surface area contributed by atoms with Gasteiger partial charge < -0.3 is 4.90 Å². The molecule has 34 heavy (non-hydrogen) atoms. The Hall–Kier alpha value is -3.22. The fraction of sp³-hybridized carbons (Fsp3) is 0.381. The van der Waals surface area contributed by atoms with E-state index in [1.807, 2.05) is 0 Å². The molecule has 0 bridgehead atoms. The fourth-order valence-corrected chi connectivity index (χ4v) is 3.76. The maximum atomic E-state index is 14.0. The summed E-state index contributed by atoms with van der Waals surface area (Å²) in [5, 5.41) is 3.69. The quantitative estimate of drug-likeness (QED) is 0.522. The molecule has 1 aliphatic rings. The van der Waals surface area contributed by atoms with Crippen LogP contribution in [0, 0.1) is 18.6 Å². The van der Waals surface area contributed by atoms with Gasteiger partial charge in [-0.05, 0) is 19.1 Å². The van der Waals surface area contributed by atoms with Crippen molar-refractivity contribution in [2.24, 2.45) is 0 Å². The summed E-state index contributed by atoms with van der Waals surface area (Å²) < 4.78 is 94.5. The third kappa shape index (κ3) is 4.31. The zero-order valence-corrected chi connectivity index (χ0v) is 17.7. The second-order valence-electron chi connectivity index (χ2n) is 7.94. The lowest BCUT2D eigenvalue weighted by Crippen LogP contribution is -2.48. The van der Waals surface area contributed by atoms with E-state index >= 15 is 0 Å². The number of rotatable bonds is 4. The first kappa shape index (κ1) is 23.9. The van der Waals surface area contributed by atoms with E-state index in [4.69, 9.17) is 0 Å². The molecule has 0 aliphatic carbocycles. The first-order chi connectivity index (χ1) is 15.9. The van der Waals surface area contributed by atoms with Gasteiger partial charge in [-0.1, -0.05) is 12.1 Å². The Morgan fingerprint density at radius 2 is 1.71 bits per heavy atom. The van der Waals surface area contributed by atoms with Crippen LogP contribution < -0.4 is 0 Å². The van der Waals surface area contributed by atoms with Crippen LogP contribution in [0.2, 0.25) is 0 Å². The molecule has 3 heterocycles. The van der Waals surface area contributed by atoms with Gasteiger partial charge in [0.15, 0.2) is 23.0 Å². The lowest BCUT2D eigenvalue weighted by molar-refractivity contribution is -0.291. The summed E-state index contributed by atoms with van der Waals surface area (Å²) in [6.07, 6.45) is -5.86. The summed E-state index contributed by atoms with van der Waals surface area (Å²) in [6, 6.07) is 5.49. The zero-order chi connectivity index (χ0) is 24.8. The van der Waals surface area contributed by atoms with Crippen LogP contribution in [0.5, 0.6) is 0 Å². The van der Waals surface area contributed by atoms with Crippen LogP contribution in [0.3, 0.4) is 0 Å². The Kier molecular flexibility index (Phi) is 6.00. The topological polar surface area (TPSA) is 53.7 Å². The first-order valence-electron chi connectivity index (χ1n) is 10.2. The van der Waals surface area contributed by atoms with Crippen LogP contribution in [-0.4, -0.2) is 62.7 Å². The van der Waals surface area contributed by atoms with Crippen molar-refractivity contribution in [2.75, 3.05) is 26.2 Å². The van der Waals surface area contributed by atoms with E-state index in [2.05, 4.69) is 10.1 Å². The number of amides is 1. The van der Waals surface area contributed by atoms with Gasteiger partial charge in [-0.15, -0.1) is 0 Å². The van der Waals surface area contributed by atoms with E-state index in [0.717, 1.165) is 12.1 Å². The number of aryl methyl sites for hydroxylation is 1. The third-order valence-electron chi connectivity index (χ3n) is 5.54.